The molecule has 0 atom stereocenters. The predicted molar refractivity (Wildman–Crippen MR) is 315 cm³/mol. The molecule has 7 heterocycles. The summed E-state index contributed by atoms with van der Waals surface area (Å²) in [6.45, 7) is 4.23. The Morgan fingerprint density at radius 3 is 1.31 bits per heavy atom. The normalized spacial score (nSPS) is 10.8. The van der Waals surface area contributed by atoms with Crippen molar-refractivity contribution in [1.82, 2.24) is 59.0 Å². The number of carbonyl (C=O) groups excluding carboxylic acids is 4. The summed E-state index contributed by atoms with van der Waals surface area (Å²) in [5, 5.41) is 26.0. The Bertz CT molecular complexity index is 4480. The number of nitriles is 1. The molecule has 468 valence electrons. The maximum atomic E-state index is 13.8. The Morgan fingerprint density at radius 2 is 0.923 bits per heavy atom. The molecular formula is C62H53F8N15O6. The Labute approximate surface area is 512 Å². The number of hydrogen-bond donors (Lipinski definition) is 2. The SMILES string of the molecule is CCOC(=O)c1cc(N)n(Cc2ccccc2F)n1.CCOC(=O)c1nn(Cc2ccccc2F)c2ncc(F)cc12.CN(C)/C=C(\F)C=O.N#Cc1nn(Cc2ccccc2F)c2ncc(F)cc12.NC(=O)c1nn(Cc2ccccc2F)c2ncc(F)cc12. The molecule has 4 aromatic carbocycles. The van der Waals surface area contributed by atoms with Crippen molar-refractivity contribution in [3.05, 3.63) is 238 Å². The molecule has 29 heteroatoms. The van der Waals surface area contributed by atoms with Gasteiger partial charge in [0.2, 0.25) is 0 Å². The Balaban J connectivity index is 0.000000166. The van der Waals surface area contributed by atoms with Crippen LogP contribution in [0.3, 0.4) is 0 Å². The van der Waals surface area contributed by atoms with Crippen molar-refractivity contribution < 1.29 is 63.8 Å². The monoisotopic (exact) mass is 1260 g/mol. The summed E-state index contributed by atoms with van der Waals surface area (Å²) in [5.74, 6) is -5.70. The minimum Gasteiger partial charge on any atom is -0.461 e. The first-order valence-corrected chi connectivity index (χ1v) is 27.0. The van der Waals surface area contributed by atoms with Gasteiger partial charge < -0.3 is 25.8 Å². The zero-order chi connectivity index (χ0) is 65.9. The quantitative estimate of drug-likeness (QED) is 0.0418. The molecule has 0 saturated heterocycles. The van der Waals surface area contributed by atoms with Gasteiger partial charge in [-0.1, -0.05) is 72.8 Å². The van der Waals surface area contributed by atoms with Gasteiger partial charge in [0.05, 0.1) is 74.1 Å². The average molecular weight is 1260 g/mol. The number of anilines is 1. The van der Waals surface area contributed by atoms with E-state index in [0.29, 0.717) is 33.3 Å². The zero-order valence-corrected chi connectivity index (χ0v) is 48.6. The second kappa shape index (κ2) is 31.3. The van der Waals surface area contributed by atoms with Crippen LogP contribution in [0.5, 0.6) is 0 Å². The van der Waals surface area contributed by atoms with Gasteiger partial charge >= 0.3 is 11.9 Å². The van der Waals surface area contributed by atoms with E-state index in [1.54, 1.807) is 101 Å². The standard InChI is InChI=1S/C16H13F2N3O2.C14H10F2N4O.C14H8F2N4.C13H14FN3O2.C5H8FNO/c1-2-23-16(22)14-12-7-11(17)8-19-15(12)21(20-14)9-10-5-3-4-6-13(10)18;15-9-5-10-12(13(17)21)19-20(14(10)18-6-9)7-8-3-1-2-4-11(8)16;15-10-5-11-13(6-17)19-20(14(11)18-7-10)8-9-3-1-2-4-12(9)16;1-2-19-13(18)11-7-12(15)17(16-11)8-9-5-3-4-6-10(9)14;1-7(2)3-5(6)4-8/h3-8H,2,9H2,1H3;1-6H,7H2,(H2,17,21);1-5,7H,8H2;3-7H,2,8,15H2,1H3;3-4H,1-2H3/b;;;;5-3-. The molecular weight excluding hydrogens is 1200 g/mol. The zero-order valence-electron chi connectivity index (χ0n) is 48.6. The molecule has 0 unspecified atom stereocenters. The molecule has 11 aromatic rings. The van der Waals surface area contributed by atoms with Crippen molar-refractivity contribution in [1.29, 1.82) is 5.26 Å². The molecule has 0 bridgehead atoms. The summed E-state index contributed by atoms with van der Waals surface area (Å²) >= 11 is 0. The van der Waals surface area contributed by atoms with Gasteiger partial charge in [0.1, 0.15) is 52.6 Å². The number of aldehydes is 1. The highest BCUT2D eigenvalue weighted by Crippen LogP contribution is 2.24. The number of nitrogen functional groups attached to an aromatic ring is 1. The molecule has 0 fully saturated rings. The first-order chi connectivity index (χ1) is 43.6. The molecule has 0 aliphatic rings. The van der Waals surface area contributed by atoms with Crippen LogP contribution in [0.25, 0.3) is 33.1 Å². The third kappa shape index (κ3) is 17.5. The number of fused-ring (bicyclic) bond motifs is 3. The highest BCUT2D eigenvalue weighted by molar-refractivity contribution is 6.03. The number of benzene rings is 4. The van der Waals surface area contributed by atoms with Crippen LogP contribution in [0.2, 0.25) is 0 Å². The summed E-state index contributed by atoms with van der Waals surface area (Å²) in [7, 11) is 3.28. The van der Waals surface area contributed by atoms with E-state index in [1.807, 2.05) is 6.07 Å². The van der Waals surface area contributed by atoms with E-state index in [1.165, 1.54) is 66.1 Å². The number of ether oxygens (including phenoxy) is 2. The number of esters is 2. The number of nitrogens with two attached hydrogens (primary N) is 2. The molecule has 0 radical (unpaired) electrons. The average Bonchev–Trinajstić information content (AvgIpc) is 1.69. The number of nitrogens with zero attached hydrogens (tertiary/aromatic N) is 13. The van der Waals surface area contributed by atoms with Crippen molar-refractivity contribution in [2.24, 2.45) is 5.73 Å². The van der Waals surface area contributed by atoms with Gasteiger partial charge in [0.25, 0.3) is 5.91 Å². The lowest BCUT2D eigenvalue weighted by Crippen LogP contribution is -2.13. The summed E-state index contributed by atoms with van der Waals surface area (Å²) in [6.07, 6.45) is 4.35. The molecule has 0 aliphatic carbocycles. The van der Waals surface area contributed by atoms with Crippen LogP contribution in [0, 0.1) is 52.1 Å². The number of allylic oxidation sites excluding steroid dienone is 1. The predicted octanol–water partition coefficient (Wildman–Crippen LogP) is 9.81. The lowest BCUT2D eigenvalue weighted by atomic mass is 10.2. The van der Waals surface area contributed by atoms with E-state index < -0.39 is 52.8 Å². The number of pyridine rings is 3. The molecule has 0 aliphatic heterocycles. The van der Waals surface area contributed by atoms with E-state index in [-0.39, 0.29) is 108 Å². The number of carbonyl (C=O) groups is 4. The van der Waals surface area contributed by atoms with Crippen LogP contribution < -0.4 is 11.5 Å². The number of rotatable bonds is 15. The lowest BCUT2D eigenvalue weighted by molar-refractivity contribution is -0.106. The highest BCUT2D eigenvalue weighted by atomic mass is 19.2. The molecule has 0 spiro atoms. The summed E-state index contributed by atoms with van der Waals surface area (Å²) < 4.78 is 122. The maximum Gasteiger partial charge on any atom is 0.359 e. The van der Waals surface area contributed by atoms with E-state index >= 15 is 0 Å². The second-order valence-corrected chi connectivity index (χ2v) is 19.1. The molecule has 11 rings (SSSR count). The van der Waals surface area contributed by atoms with Gasteiger partial charge in [-0.05, 0) is 56.3 Å². The fourth-order valence-electron chi connectivity index (χ4n) is 8.34. The van der Waals surface area contributed by atoms with Crippen molar-refractivity contribution in [3.63, 3.8) is 0 Å². The molecule has 0 saturated carbocycles. The van der Waals surface area contributed by atoms with E-state index in [0.717, 1.165) is 30.9 Å². The Hall–Kier alpha value is -11.7. The summed E-state index contributed by atoms with van der Waals surface area (Å²) in [4.78, 5) is 57.7. The Morgan fingerprint density at radius 1 is 0.549 bits per heavy atom. The number of halogens is 8. The van der Waals surface area contributed by atoms with Crippen LogP contribution >= 0.6 is 0 Å². The summed E-state index contributed by atoms with van der Waals surface area (Å²) in [6, 6.07) is 31.8. The maximum absolute atomic E-state index is 13.8. The lowest BCUT2D eigenvalue weighted by Gasteiger charge is -2.05. The minimum atomic E-state index is -0.792. The third-order valence-corrected chi connectivity index (χ3v) is 12.4. The number of aromatic nitrogens is 11. The summed E-state index contributed by atoms with van der Waals surface area (Å²) in [5.41, 5.74) is 13.6. The van der Waals surface area contributed by atoms with Crippen LogP contribution in [0.1, 0.15) is 73.3 Å². The van der Waals surface area contributed by atoms with Crippen molar-refractivity contribution in [2.45, 2.75) is 40.0 Å². The van der Waals surface area contributed by atoms with Crippen molar-refractivity contribution >= 4 is 63.1 Å². The van der Waals surface area contributed by atoms with E-state index in [9.17, 15) is 54.3 Å². The van der Waals surface area contributed by atoms with Crippen LogP contribution in [0.4, 0.5) is 40.9 Å². The van der Waals surface area contributed by atoms with Gasteiger partial charge in [0, 0.05) is 48.6 Å². The number of amides is 1. The van der Waals surface area contributed by atoms with Crippen LogP contribution in [-0.2, 0) is 40.4 Å². The van der Waals surface area contributed by atoms with Gasteiger partial charge in [-0.15, -0.1) is 0 Å². The molecule has 1 amide bonds. The van der Waals surface area contributed by atoms with Gasteiger partial charge in [0.15, 0.2) is 51.8 Å². The van der Waals surface area contributed by atoms with Crippen molar-refractivity contribution in [2.75, 3.05) is 33.0 Å². The van der Waals surface area contributed by atoms with Crippen molar-refractivity contribution in [3.8, 4) is 6.07 Å². The first kappa shape index (κ1) is 66.8. The minimum absolute atomic E-state index is 0.0369. The van der Waals surface area contributed by atoms with E-state index in [4.69, 9.17) is 26.2 Å². The molecule has 4 N–H and O–H groups in total. The van der Waals surface area contributed by atoms with Crippen LogP contribution in [-0.4, -0.2) is 110 Å². The van der Waals surface area contributed by atoms with E-state index in [2.05, 4.69) is 35.3 Å². The largest absolute Gasteiger partial charge is 0.461 e. The Kier molecular flexibility index (Phi) is 23.0. The fourth-order valence-corrected chi connectivity index (χ4v) is 8.34. The highest BCUT2D eigenvalue weighted by Gasteiger charge is 2.22. The second-order valence-electron chi connectivity index (χ2n) is 19.1. The number of hydrogen-bond acceptors (Lipinski definition) is 16. The third-order valence-electron chi connectivity index (χ3n) is 12.4. The number of primary amides is 1. The fraction of sp³-hybridized carbons (Fsp3) is 0.161. The van der Waals surface area contributed by atoms with Gasteiger partial charge in [-0.3, -0.25) is 9.59 Å². The first-order valence-electron chi connectivity index (χ1n) is 27.0. The molecule has 7 aromatic heterocycles. The molecule has 21 nitrogen and oxygen atoms in total. The van der Waals surface area contributed by atoms with Gasteiger partial charge in [-0.2, -0.15) is 25.7 Å². The van der Waals surface area contributed by atoms with Gasteiger partial charge in [-0.25, -0.2) is 78.4 Å². The molecule has 91 heavy (non-hydrogen) atoms. The topological polar surface area (TPSA) is 276 Å². The van der Waals surface area contributed by atoms with Crippen LogP contribution in [0.15, 0.2) is 152 Å². The smallest absolute Gasteiger partial charge is 0.359 e.